The van der Waals surface area contributed by atoms with E-state index < -0.39 is 0 Å². The summed E-state index contributed by atoms with van der Waals surface area (Å²) >= 11 is 12.0. The van der Waals surface area contributed by atoms with E-state index in [1.54, 1.807) is 30.3 Å². The van der Waals surface area contributed by atoms with Crippen LogP contribution in [0.3, 0.4) is 0 Å². The number of piperidine rings is 1. The first-order valence-corrected chi connectivity index (χ1v) is 12.9. The summed E-state index contributed by atoms with van der Waals surface area (Å²) in [6.45, 7) is 3.11. The average Bonchev–Trinajstić information content (AvgIpc) is 2.83. The van der Waals surface area contributed by atoms with Crippen molar-refractivity contribution in [3.63, 3.8) is 0 Å². The maximum Gasteiger partial charge on any atom is 0.319 e. The topological polar surface area (TPSA) is 53.6 Å². The highest BCUT2D eigenvalue weighted by molar-refractivity contribution is 6.32. The van der Waals surface area contributed by atoms with E-state index in [1.165, 1.54) is 18.6 Å². The number of ether oxygens (including phenoxy) is 1. The van der Waals surface area contributed by atoms with Gasteiger partial charge < -0.3 is 20.3 Å². The molecule has 0 atom stereocenters. The number of anilines is 1. The number of halogens is 3. The first-order chi connectivity index (χ1) is 16.4. The number of carbonyl (C=O) groups is 1. The second kappa shape index (κ2) is 12.1. The lowest BCUT2D eigenvalue weighted by Gasteiger charge is -2.34. The quantitative estimate of drug-likeness (QED) is 0.435. The van der Waals surface area contributed by atoms with E-state index in [-0.39, 0.29) is 24.0 Å². The van der Waals surface area contributed by atoms with Crippen molar-refractivity contribution in [3.05, 3.63) is 58.3 Å². The Balaban J connectivity index is 1.10. The van der Waals surface area contributed by atoms with Gasteiger partial charge in [-0.2, -0.15) is 0 Å². The minimum Gasteiger partial charge on any atom is -0.489 e. The van der Waals surface area contributed by atoms with Crippen molar-refractivity contribution in [2.45, 2.75) is 57.1 Å². The molecule has 0 radical (unpaired) electrons. The third kappa shape index (κ3) is 7.49. The largest absolute Gasteiger partial charge is 0.489 e. The molecule has 1 heterocycles. The molecular formula is C26H32Cl2FN3O2. The maximum absolute atomic E-state index is 13.2. The van der Waals surface area contributed by atoms with Crippen LogP contribution < -0.4 is 15.4 Å². The molecule has 2 amide bonds. The SMILES string of the molecule is O=C(Nc1ccc(Cl)cc1)NC1CCC(CCN2CCC(Oc3ccc(F)cc3Cl)CC2)CC1. The van der Waals surface area contributed by atoms with Gasteiger partial charge in [0.1, 0.15) is 17.7 Å². The Kier molecular flexibility index (Phi) is 8.92. The van der Waals surface area contributed by atoms with Crippen LogP contribution in [-0.4, -0.2) is 42.7 Å². The number of amides is 2. The van der Waals surface area contributed by atoms with Crippen molar-refractivity contribution in [2.75, 3.05) is 25.0 Å². The van der Waals surface area contributed by atoms with Gasteiger partial charge in [-0.05, 0) is 99.9 Å². The normalized spacial score (nSPS) is 21.7. The molecule has 4 rings (SSSR count). The molecule has 2 fully saturated rings. The summed E-state index contributed by atoms with van der Waals surface area (Å²) in [5.41, 5.74) is 0.741. The monoisotopic (exact) mass is 507 g/mol. The van der Waals surface area contributed by atoms with E-state index in [9.17, 15) is 9.18 Å². The number of rotatable bonds is 7. The zero-order chi connectivity index (χ0) is 23.9. The van der Waals surface area contributed by atoms with Crippen LogP contribution >= 0.6 is 23.2 Å². The van der Waals surface area contributed by atoms with Gasteiger partial charge in [0.25, 0.3) is 0 Å². The average molecular weight is 508 g/mol. The number of nitrogens with one attached hydrogen (secondary N) is 2. The highest BCUT2D eigenvalue weighted by atomic mass is 35.5. The minimum atomic E-state index is -0.349. The fourth-order valence-corrected chi connectivity index (χ4v) is 5.19. The van der Waals surface area contributed by atoms with Gasteiger partial charge in [0.15, 0.2) is 0 Å². The van der Waals surface area contributed by atoms with Gasteiger partial charge in [0.2, 0.25) is 0 Å². The van der Waals surface area contributed by atoms with Gasteiger partial charge in [-0.25, -0.2) is 9.18 Å². The lowest BCUT2D eigenvalue weighted by molar-refractivity contribution is 0.0950. The van der Waals surface area contributed by atoms with Gasteiger partial charge in [0.05, 0.1) is 5.02 Å². The summed E-state index contributed by atoms with van der Waals surface area (Å²) < 4.78 is 19.2. The molecule has 34 heavy (non-hydrogen) atoms. The van der Waals surface area contributed by atoms with Crippen LogP contribution in [0.5, 0.6) is 5.75 Å². The molecule has 1 saturated carbocycles. The highest BCUT2D eigenvalue weighted by Gasteiger charge is 2.25. The summed E-state index contributed by atoms with van der Waals surface area (Å²) in [4.78, 5) is 14.8. The molecule has 5 nitrogen and oxygen atoms in total. The predicted molar refractivity (Wildman–Crippen MR) is 135 cm³/mol. The van der Waals surface area contributed by atoms with Crippen LogP contribution in [0.4, 0.5) is 14.9 Å². The first kappa shape index (κ1) is 25.1. The lowest BCUT2D eigenvalue weighted by Crippen LogP contribution is -2.41. The predicted octanol–water partition coefficient (Wildman–Crippen LogP) is 6.75. The Labute approximate surface area is 210 Å². The number of hydrogen-bond acceptors (Lipinski definition) is 3. The molecular weight excluding hydrogens is 476 g/mol. The molecule has 2 aliphatic rings. The molecule has 2 aromatic carbocycles. The third-order valence-electron chi connectivity index (χ3n) is 6.86. The Hall–Kier alpha value is -2.02. The smallest absolute Gasteiger partial charge is 0.319 e. The van der Waals surface area contributed by atoms with Gasteiger partial charge >= 0.3 is 6.03 Å². The highest BCUT2D eigenvalue weighted by Crippen LogP contribution is 2.30. The van der Waals surface area contributed by atoms with Crippen LogP contribution in [0.25, 0.3) is 0 Å². The molecule has 184 valence electrons. The third-order valence-corrected chi connectivity index (χ3v) is 7.41. The van der Waals surface area contributed by atoms with Crippen molar-refractivity contribution in [3.8, 4) is 5.75 Å². The Morgan fingerprint density at radius 2 is 1.71 bits per heavy atom. The van der Waals surface area contributed by atoms with Crippen molar-refractivity contribution in [1.29, 1.82) is 0 Å². The second-order valence-electron chi connectivity index (χ2n) is 9.35. The number of benzene rings is 2. The summed E-state index contributed by atoms with van der Waals surface area (Å²) in [6.07, 6.45) is 7.56. The summed E-state index contributed by atoms with van der Waals surface area (Å²) in [7, 11) is 0. The molecule has 8 heteroatoms. The van der Waals surface area contributed by atoms with Crippen molar-refractivity contribution in [2.24, 2.45) is 5.92 Å². The van der Waals surface area contributed by atoms with Crippen LogP contribution in [-0.2, 0) is 0 Å². The van der Waals surface area contributed by atoms with E-state index in [1.807, 2.05) is 0 Å². The van der Waals surface area contributed by atoms with Crippen LogP contribution in [0.15, 0.2) is 42.5 Å². The maximum atomic E-state index is 13.2. The number of nitrogens with zero attached hydrogens (tertiary/aromatic N) is 1. The summed E-state index contributed by atoms with van der Waals surface area (Å²) in [5.74, 6) is 0.927. The number of carbonyl (C=O) groups excluding carboxylic acids is 1. The van der Waals surface area contributed by atoms with Crippen molar-refractivity contribution < 1.29 is 13.9 Å². The summed E-state index contributed by atoms with van der Waals surface area (Å²) in [5, 5.41) is 6.95. The molecule has 0 unspecified atom stereocenters. The molecule has 1 aliphatic heterocycles. The molecule has 2 N–H and O–H groups in total. The van der Waals surface area contributed by atoms with Gasteiger partial charge in [-0.3, -0.25) is 0 Å². The lowest BCUT2D eigenvalue weighted by atomic mass is 9.84. The Morgan fingerprint density at radius 1 is 1.00 bits per heavy atom. The summed E-state index contributed by atoms with van der Waals surface area (Å²) in [6, 6.07) is 11.5. The molecule has 1 aliphatic carbocycles. The van der Waals surface area contributed by atoms with Crippen LogP contribution in [0.1, 0.15) is 44.9 Å². The first-order valence-electron chi connectivity index (χ1n) is 12.1. The molecule has 0 bridgehead atoms. The number of likely N-dealkylation sites (tertiary alicyclic amines) is 1. The van der Waals surface area contributed by atoms with E-state index in [2.05, 4.69) is 15.5 Å². The molecule has 2 aromatic rings. The number of urea groups is 1. The van der Waals surface area contributed by atoms with E-state index in [0.29, 0.717) is 21.7 Å². The fraction of sp³-hybridized carbons (Fsp3) is 0.500. The fourth-order valence-electron chi connectivity index (χ4n) is 4.85. The Bertz CT molecular complexity index is 944. The molecule has 1 saturated heterocycles. The van der Waals surface area contributed by atoms with E-state index >= 15 is 0 Å². The van der Waals surface area contributed by atoms with E-state index in [4.69, 9.17) is 27.9 Å². The number of hydrogen-bond donors (Lipinski definition) is 2. The Morgan fingerprint density at radius 3 is 2.38 bits per heavy atom. The zero-order valence-electron chi connectivity index (χ0n) is 19.2. The van der Waals surface area contributed by atoms with Crippen molar-refractivity contribution >= 4 is 34.9 Å². The van der Waals surface area contributed by atoms with Crippen LogP contribution in [0, 0.1) is 11.7 Å². The molecule has 0 spiro atoms. The van der Waals surface area contributed by atoms with Gasteiger partial charge in [-0.15, -0.1) is 0 Å². The zero-order valence-corrected chi connectivity index (χ0v) is 20.8. The second-order valence-corrected chi connectivity index (χ2v) is 10.2. The van der Waals surface area contributed by atoms with Gasteiger partial charge in [0, 0.05) is 29.8 Å². The van der Waals surface area contributed by atoms with Crippen LogP contribution in [0.2, 0.25) is 10.0 Å². The van der Waals surface area contributed by atoms with Crippen molar-refractivity contribution in [1.82, 2.24) is 10.2 Å². The minimum absolute atomic E-state index is 0.125. The standard InChI is InChI=1S/C26H32Cl2FN3O2/c27-19-3-8-22(9-4-19)31-26(33)30-21-6-1-18(2-7-21)11-14-32-15-12-23(13-16-32)34-25-10-5-20(29)17-24(25)28/h3-5,8-10,17-18,21,23H,1-2,6-7,11-16H2,(H2,30,31,33). The molecule has 0 aromatic heterocycles. The van der Waals surface area contributed by atoms with E-state index in [0.717, 1.165) is 63.8 Å². The van der Waals surface area contributed by atoms with Gasteiger partial charge in [-0.1, -0.05) is 23.2 Å².